The van der Waals surface area contributed by atoms with Crippen molar-refractivity contribution in [3.05, 3.63) is 34.0 Å². The summed E-state index contributed by atoms with van der Waals surface area (Å²) in [7, 11) is 0. The van der Waals surface area contributed by atoms with E-state index in [1.165, 1.54) is 0 Å². The first-order valence-electron chi connectivity index (χ1n) is 4.37. The summed E-state index contributed by atoms with van der Waals surface area (Å²) < 4.78 is 0. The molecule has 1 heterocycles. The molecule has 0 unspecified atom stereocenters. The van der Waals surface area contributed by atoms with Crippen LogP contribution in [0.25, 0.3) is 10.9 Å². The first-order valence-corrected chi connectivity index (χ1v) is 4.75. The van der Waals surface area contributed by atoms with Crippen LogP contribution in [0.1, 0.15) is 21.6 Å². The third-order valence-corrected chi connectivity index (χ3v) is 2.64. The van der Waals surface area contributed by atoms with Gasteiger partial charge in [0.1, 0.15) is 0 Å². The first-order chi connectivity index (χ1) is 6.63. The highest BCUT2D eigenvalue weighted by atomic mass is 35.5. The SMILES string of the molecule is Cc1[nH]c2c(C)cc(Cl)cc2c1C=O. The minimum absolute atomic E-state index is 0.664. The van der Waals surface area contributed by atoms with Gasteiger partial charge >= 0.3 is 0 Å². The highest BCUT2D eigenvalue weighted by Crippen LogP contribution is 2.27. The maximum atomic E-state index is 10.9. The number of aryl methyl sites for hydroxylation is 2. The molecule has 3 heteroatoms. The van der Waals surface area contributed by atoms with Gasteiger partial charge in [-0.2, -0.15) is 0 Å². The molecule has 0 amide bonds. The van der Waals surface area contributed by atoms with Gasteiger partial charge < -0.3 is 4.98 Å². The van der Waals surface area contributed by atoms with Crippen LogP contribution in [0.4, 0.5) is 0 Å². The Labute approximate surface area is 86.9 Å². The normalized spacial score (nSPS) is 10.8. The lowest BCUT2D eigenvalue weighted by atomic mass is 10.1. The Bertz CT molecular complexity index is 513. The molecule has 0 bridgehead atoms. The van der Waals surface area contributed by atoms with Crippen LogP contribution in [-0.4, -0.2) is 11.3 Å². The second-order valence-corrected chi connectivity index (χ2v) is 3.86. The van der Waals surface area contributed by atoms with Crippen LogP contribution in [0.2, 0.25) is 5.02 Å². The van der Waals surface area contributed by atoms with Crippen LogP contribution in [0.15, 0.2) is 12.1 Å². The number of carbonyl (C=O) groups is 1. The standard InChI is InChI=1S/C11H10ClNO/c1-6-3-8(12)4-9-10(5-14)7(2)13-11(6)9/h3-5,13H,1-2H3. The highest BCUT2D eigenvalue weighted by molar-refractivity contribution is 6.31. The van der Waals surface area contributed by atoms with Gasteiger partial charge in [0.05, 0.1) is 0 Å². The van der Waals surface area contributed by atoms with Crippen molar-refractivity contribution in [2.24, 2.45) is 0 Å². The zero-order chi connectivity index (χ0) is 10.3. The van der Waals surface area contributed by atoms with Gasteiger partial charge in [0, 0.05) is 27.2 Å². The molecule has 2 nitrogen and oxygen atoms in total. The fourth-order valence-electron chi connectivity index (χ4n) is 1.73. The Kier molecular flexibility index (Phi) is 2.08. The van der Waals surface area contributed by atoms with Crippen molar-refractivity contribution in [3.8, 4) is 0 Å². The van der Waals surface area contributed by atoms with E-state index < -0.39 is 0 Å². The summed E-state index contributed by atoms with van der Waals surface area (Å²) in [6, 6.07) is 3.70. The van der Waals surface area contributed by atoms with Gasteiger partial charge in [-0.1, -0.05) is 11.6 Å². The fraction of sp³-hybridized carbons (Fsp3) is 0.182. The largest absolute Gasteiger partial charge is 0.358 e. The maximum absolute atomic E-state index is 10.9. The van der Waals surface area contributed by atoms with E-state index in [9.17, 15) is 4.79 Å². The van der Waals surface area contributed by atoms with Gasteiger partial charge in [0.2, 0.25) is 0 Å². The number of aldehydes is 1. The molecule has 0 spiro atoms. The minimum Gasteiger partial charge on any atom is -0.358 e. The number of hydrogen-bond acceptors (Lipinski definition) is 1. The Morgan fingerprint density at radius 3 is 2.71 bits per heavy atom. The number of hydrogen-bond donors (Lipinski definition) is 1. The van der Waals surface area contributed by atoms with Gasteiger partial charge in [0.25, 0.3) is 0 Å². The third-order valence-electron chi connectivity index (χ3n) is 2.42. The maximum Gasteiger partial charge on any atom is 0.152 e. The van der Waals surface area contributed by atoms with Crippen molar-refractivity contribution in [3.63, 3.8) is 0 Å². The van der Waals surface area contributed by atoms with Crippen LogP contribution in [-0.2, 0) is 0 Å². The number of aromatic nitrogens is 1. The van der Waals surface area contributed by atoms with E-state index in [1.807, 2.05) is 26.0 Å². The van der Waals surface area contributed by atoms with Crippen molar-refractivity contribution < 1.29 is 4.79 Å². The van der Waals surface area contributed by atoms with Crippen molar-refractivity contribution in [2.75, 3.05) is 0 Å². The number of H-pyrrole nitrogens is 1. The molecule has 14 heavy (non-hydrogen) atoms. The number of rotatable bonds is 1. The van der Waals surface area contributed by atoms with E-state index in [0.29, 0.717) is 10.6 Å². The number of fused-ring (bicyclic) bond motifs is 1. The molecule has 0 saturated carbocycles. The summed E-state index contributed by atoms with van der Waals surface area (Å²) >= 11 is 5.93. The quantitative estimate of drug-likeness (QED) is 0.716. The van der Waals surface area contributed by atoms with E-state index in [4.69, 9.17) is 11.6 Å². The predicted molar refractivity (Wildman–Crippen MR) is 58.2 cm³/mol. The molecule has 1 aromatic carbocycles. The second-order valence-electron chi connectivity index (χ2n) is 3.43. The number of nitrogens with one attached hydrogen (secondary N) is 1. The van der Waals surface area contributed by atoms with Gasteiger partial charge in [-0.15, -0.1) is 0 Å². The number of carbonyl (C=O) groups excluding carboxylic acids is 1. The highest BCUT2D eigenvalue weighted by Gasteiger charge is 2.09. The van der Waals surface area contributed by atoms with Crippen LogP contribution < -0.4 is 0 Å². The van der Waals surface area contributed by atoms with E-state index in [0.717, 1.165) is 28.4 Å². The molecule has 2 aromatic rings. The topological polar surface area (TPSA) is 32.9 Å². The molecular weight excluding hydrogens is 198 g/mol. The summed E-state index contributed by atoms with van der Waals surface area (Å²) in [4.78, 5) is 14.0. The van der Waals surface area contributed by atoms with Gasteiger partial charge in [-0.05, 0) is 31.5 Å². The van der Waals surface area contributed by atoms with Crippen molar-refractivity contribution in [1.29, 1.82) is 0 Å². The molecular formula is C11H10ClNO. The molecule has 0 aliphatic heterocycles. The molecule has 1 N–H and O–H groups in total. The molecule has 1 aromatic heterocycles. The lowest BCUT2D eigenvalue weighted by Crippen LogP contribution is -1.80. The van der Waals surface area contributed by atoms with Gasteiger partial charge in [-0.25, -0.2) is 0 Å². The lowest BCUT2D eigenvalue weighted by molar-refractivity contribution is 0.112. The van der Waals surface area contributed by atoms with Crippen molar-refractivity contribution >= 4 is 28.8 Å². The smallest absolute Gasteiger partial charge is 0.152 e. The number of aromatic amines is 1. The van der Waals surface area contributed by atoms with Crippen molar-refractivity contribution in [1.82, 2.24) is 4.98 Å². The summed E-state index contributed by atoms with van der Waals surface area (Å²) in [6.07, 6.45) is 0.865. The molecule has 0 radical (unpaired) electrons. The molecule has 72 valence electrons. The molecule has 0 aliphatic carbocycles. The Morgan fingerprint density at radius 1 is 1.36 bits per heavy atom. The third kappa shape index (κ3) is 1.23. The molecule has 0 aliphatic rings. The summed E-state index contributed by atoms with van der Waals surface area (Å²) in [5, 5.41) is 1.57. The fourth-order valence-corrected chi connectivity index (χ4v) is 2.00. The predicted octanol–water partition coefficient (Wildman–Crippen LogP) is 3.25. The van der Waals surface area contributed by atoms with E-state index in [2.05, 4.69) is 4.98 Å². The monoisotopic (exact) mass is 207 g/mol. The summed E-state index contributed by atoms with van der Waals surface area (Å²) in [5.74, 6) is 0. The minimum atomic E-state index is 0.664. The molecule has 0 fully saturated rings. The van der Waals surface area contributed by atoms with Gasteiger partial charge in [-0.3, -0.25) is 4.79 Å². The molecule has 2 rings (SSSR count). The lowest BCUT2D eigenvalue weighted by Gasteiger charge is -1.97. The zero-order valence-electron chi connectivity index (χ0n) is 8.02. The first kappa shape index (κ1) is 9.28. The van der Waals surface area contributed by atoms with E-state index >= 15 is 0 Å². The molecule has 0 atom stereocenters. The average molecular weight is 208 g/mol. The van der Waals surface area contributed by atoms with E-state index in [-0.39, 0.29) is 0 Å². The second kappa shape index (κ2) is 3.14. The number of halogens is 1. The van der Waals surface area contributed by atoms with Crippen molar-refractivity contribution in [2.45, 2.75) is 13.8 Å². The molecule has 0 saturated heterocycles. The Balaban J connectivity index is 2.94. The average Bonchev–Trinajstić information content (AvgIpc) is 2.41. The van der Waals surface area contributed by atoms with Crippen LogP contribution in [0.3, 0.4) is 0 Å². The van der Waals surface area contributed by atoms with Crippen LogP contribution in [0.5, 0.6) is 0 Å². The summed E-state index contributed by atoms with van der Waals surface area (Å²) in [5.41, 5.74) is 3.64. The Morgan fingerprint density at radius 2 is 2.07 bits per heavy atom. The number of benzene rings is 1. The zero-order valence-corrected chi connectivity index (χ0v) is 8.77. The summed E-state index contributed by atoms with van der Waals surface area (Å²) in [6.45, 7) is 3.86. The van der Waals surface area contributed by atoms with Crippen LogP contribution in [0, 0.1) is 13.8 Å². The van der Waals surface area contributed by atoms with Gasteiger partial charge in [0.15, 0.2) is 6.29 Å². The van der Waals surface area contributed by atoms with E-state index in [1.54, 1.807) is 0 Å². The Hall–Kier alpha value is -1.28. The van der Waals surface area contributed by atoms with Crippen LogP contribution >= 0.6 is 11.6 Å².